The number of carboxylic acids is 1. The molecule has 1 saturated heterocycles. The van der Waals surface area contributed by atoms with Gasteiger partial charge in [-0.05, 0) is 48.0 Å². The molecule has 1 fully saturated rings. The molecule has 3 aromatic carbocycles. The molecule has 2 atom stereocenters. The van der Waals surface area contributed by atoms with E-state index in [4.69, 9.17) is 4.74 Å². The Morgan fingerprint density at radius 2 is 1.63 bits per heavy atom. The summed E-state index contributed by atoms with van der Waals surface area (Å²) in [5.74, 6) is -3.69. The third-order valence-electron chi connectivity index (χ3n) is 6.52. The van der Waals surface area contributed by atoms with Crippen molar-refractivity contribution in [1.29, 1.82) is 0 Å². The molecule has 1 aliphatic heterocycles. The highest BCUT2D eigenvalue weighted by molar-refractivity contribution is 6.02. The maximum Gasteiger partial charge on any atom is 0.305 e. The Kier molecular flexibility index (Phi) is 8.56. The van der Waals surface area contributed by atoms with E-state index in [1.165, 1.54) is 49.6 Å². The molecule has 1 aliphatic rings. The molecule has 0 saturated carbocycles. The second-order valence-electron chi connectivity index (χ2n) is 9.12. The van der Waals surface area contributed by atoms with Crippen LogP contribution in [-0.2, 0) is 9.59 Å². The number of halogens is 1. The largest absolute Gasteiger partial charge is 0.497 e. The minimum atomic E-state index is -1.53. The number of nitro groups is 1. The van der Waals surface area contributed by atoms with E-state index in [2.05, 4.69) is 5.32 Å². The van der Waals surface area contributed by atoms with Gasteiger partial charge in [-0.15, -0.1) is 0 Å². The van der Waals surface area contributed by atoms with Gasteiger partial charge in [-0.1, -0.05) is 18.2 Å². The summed E-state index contributed by atoms with van der Waals surface area (Å²) in [7, 11) is 1.46. The molecule has 0 aliphatic carbocycles. The minimum absolute atomic E-state index is 0.0512. The zero-order valence-electron chi connectivity index (χ0n) is 21.7. The van der Waals surface area contributed by atoms with Crippen molar-refractivity contribution in [3.8, 4) is 5.75 Å². The Balaban J connectivity index is 1.70. The number of benzene rings is 3. The first-order chi connectivity index (χ1) is 19.6. The molecular weight excluding hydrogens is 539 g/mol. The number of rotatable bonds is 9. The standard InChI is InChI=1S/C28H25FN4O8/c1-41-22-10-8-17(9-11-22)27(37)31-12-13-32(28(38)19-5-2-6-20(29)14-19)26(31)25(36)30-23(16-24(34)35)18-4-3-7-21(15-18)33(39)40/h2-11,14-15,23,26H,12-13,16H2,1H3,(H,30,36)(H,34,35). The molecule has 2 N–H and O–H groups in total. The highest BCUT2D eigenvalue weighted by Gasteiger charge is 2.44. The quantitative estimate of drug-likeness (QED) is 0.296. The van der Waals surface area contributed by atoms with E-state index < -0.39 is 53.1 Å². The Morgan fingerprint density at radius 3 is 2.22 bits per heavy atom. The molecule has 3 amide bonds. The first kappa shape index (κ1) is 28.7. The van der Waals surface area contributed by atoms with Gasteiger partial charge in [-0.25, -0.2) is 4.39 Å². The number of nitro benzene ring substituents is 1. The molecule has 13 heteroatoms. The van der Waals surface area contributed by atoms with E-state index in [0.29, 0.717) is 5.75 Å². The summed E-state index contributed by atoms with van der Waals surface area (Å²) in [5.41, 5.74) is -0.0250. The lowest BCUT2D eigenvalue weighted by Gasteiger charge is -2.31. The minimum Gasteiger partial charge on any atom is -0.497 e. The van der Waals surface area contributed by atoms with Gasteiger partial charge in [0.05, 0.1) is 24.5 Å². The third kappa shape index (κ3) is 6.46. The van der Waals surface area contributed by atoms with Crippen LogP contribution in [-0.4, -0.2) is 69.9 Å². The fourth-order valence-electron chi connectivity index (χ4n) is 4.55. The number of hydrogen-bond acceptors (Lipinski definition) is 7. The van der Waals surface area contributed by atoms with Crippen LogP contribution in [0.15, 0.2) is 72.8 Å². The number of carbonyl (C=O) groups excluding carboxylic acids is 3. The second-order valence-corrected chi connectivity index (χ2v) is 9.12. The number of aliphatic carboxylic acids is 1. The van der Waals surface area contributed by atoms with Crippen molar-refractivity contribution in [1.82, 2.24) is 15.1 Å². The number of carbonyl (C=O) groups is 4. The van der Waals surface area contributed by atoms with Crippen LogP contribution in [0, 0.1) is 15.9 Å². The van der Waals surface area contributed by atoms with E-state index in [1.54, 1.807) is 12.1 Å². The SMILES string of the molecule is COc1ccc(C(=O)N2CCN(C(=O)c3cccc(F)c3)C2C(=O)NC(CC(=O)O)c2cccc([N+](=O)[O-])c2)cc1. The van der Waals surface area contributed by atoms with Crippen LogP contribution in [0.4, 0.5) is 10.1 Å². The van der Waals surface area contributed by atoms with Crippen LogP contribution < -0.4 is 10.1 Å². The maximum atomic E-state index is 13.9. The second kappa shape index (κ2) is 12.2. The van der Waals surface area contributed by atoms with Crippen LogP contribution in [0.5, 0.6) is 5.75 Å². The Labute approximate surface area is 233 Å². The third-order valence-corrected chi connectivity index (χ3v) is 6.52. The lowest BCUT2D eigenvalue weighted by Crippen LogP contribution is -2.54. The van der Waals surface area contributed by atoms with Gasteiger partial charge in [0.2, 0.25) is 0 Å². The predicted molar refractivity (Wildman–Crippen MR) is 141 cm³/mol. The number of nitrogens with one attached hydrogen (secondary N) is 1. The number of carboxylic acid groups (broad SMARTS) is 1. The molecule has 212 valence electrons. The number of hydrogen-bond donors (Lipinski definition) is 2. The predicted octanol–water partition coefficient (Wildman–Crippen LogP) is 3.00. The Hall–Kier alpha value is -5.33. The summed E-state index contributed by atoms with van der Waals surface area (Å²) < 4.78 is 19.0. The normalized spacial score (nSPS) is 15.2. The summed E-state index contributed by atoms with van der Waals surface area (Å²) in [6.45, 7) is -0.125. The first-order valence-electron chi connectivity index (χ1n) is 12.4. The fraction of sp³-hybridized carbons (Fsp3) is 0.214. The maximum absolute atomic E-state index is 13.9. The van der Waals surface area contributed by atoms with Gasteiger partial charge in [0, 0.05) is 36.3 Å². The summed E-state index contributed by atoms with van der Waals surface area (Å²) in [6.07, 6.45) is -2.17. The van der Waals surface area contributed by atoms with E-state index in [0.717, 1.165) is 28.0 Å². The van der Waals surface area contributed by atoms with Crippen LogP contribution in [0.25, 0.3) is 0 Å². The molecule has 0 bridgehead atoms. The van der Waals surface area contributed by atoms with E-state index in [9.17, 15) is 38.8 Å². The highest BCUT2D eigenvalue weighted by Crippen LogP contribution is 2.26. The van der Waals surface area contributed by atoms with Crippen LogP contribution >= 0.6 is 0 Å². The topological polar surface area (TPSA) is 159 Å². The number of non-ortho nitro benzene ring substituents is 1. The van der Waals surface area contributed by atoms with Gasteiger partial charge in [0.25, 0.3) is 23.4 Å². The first-order valence-corrected chi connectivity index (χ1v) is 12.4. The average Bonchev–Trinajstić information content (AvgIpc) is 3.41. The van der Waals surface area contributed by atoms with Crippen molar-refractivity contribution < 1.29 is 38.3 Å². The molecule has 41 heavy (non-hydrogen) atoms. The summed E-state index contributed by atoms with van der Waals surface area (Å²) in [4.78, 5) is 65.2. The molecule has 0 aromatic heterocycles. The lowest BCUT2D eigenvalue weighted by atomic mass is 10.0. The van der Waals surface area contributed by atoms with Crippen LogP contribution in [0.1, 0.15) is 38.7 Å². The fourth-order valence-corrected chi connectivity index (χ4v) is 4.55. The molecular formula is C28H25FN4O8. The van der Waals surface area contributed by atoms with Crippen molar-refractivity contribution in [2.45, 2.75) is 18.6 Å². The van der Waals surface area contributed by atoms with Gasteiger partial charge in [0.1, 0.15) is 11.6 Å². The van der Waals surface area contributed by atoms with Crippen molar-refractivity contribution in [2.75, 3.05) is 20.2 Å². The van der Waals surface area contributed by atoms with E-state index >= 15 is 0 Å². The van der Waals surface area contributed by atoms with E-state index in [-0.39, 0.29) is 35.5 Å². The summed E-state index contributed by atoms with van der Waals surface area (Å²) >= 11 is 0. The Morgan fingerprint density at radius 1 is 1.00 bits per heavy atom. The lowest BCUT2D eigenvalue weighted by molar-refractivity contribution is -0.384. The Bertz CT molecular complexity index is 1500. The molecule has 0 spiro atoms. The van der Waals surface area contributed by atoms with E-state index in [1.807, 2.05) is 0 Å². The van der Waals surface area contributed by atoms with Gasteiger partial charge < -0.3 is 25.0 Å². The molecule has 12 nitrogen and oxygen atoms in total. The summed E-state index contributed by atoms with van der Waals surface area (Å²) in [5, 5.41) is 23.3. The number of ether oxygens (including phenoxy) is 1. The van der Waals surface area contributed by atoms with Crippen LogP contribution in [0.2, 0.25) is 0 Å². The van der Waals surface area contributed by atoms with Crippen molar-refractivity contribution in [3.05, 3.63) is 105 Å². The monoisotopic (exact) mass is 564 g/mol. The van der Waals surface area contributed by atoms with Gasteiger partial charge >= 0.3 is 5.97 Å². The van der Waals surface area contributed by atoms with Gasteiger partial charge in [0.15, 0.2) is 6.17 Å². The molecule has 2 unspecified atom stereocenters. The van der Waals surface area contributed by atoms with Gasteiger partial charge in [-0.3, -0.25) is 29.3 Å². The smallest absolute Gasteiger partial charge is 0.305 e. The van der Waals surface area contributed by atoms with Crippen molar-refractivity contribution in [3.63, 3.8) is 0 Å². The van der Waals surface area contributed by atoms with Gasteiger partial charge in [-0.2, -0.15) is 0 Å². The molecule has 4 rings (SSSR count). The number of methoxy groups -OCH3 is 1. The molecule has 0 radical (unpaired) electrons. The summed E-state index contributed by atoms with van der Waals surface area (Å²) in [6, 6.07) is 14.8. The van der Waals surface area contributed by atoms with Crippen molar-refractivity contribution >= 4 is 29.4 Å². The number of amides is 3. The van der Waals surface area contributed by atoms with Crippen LogP contribution in [0.3, 0.4) is 0 Å². The highest BCUT2D eigenvalue weighted by atomic mass is 19.1. The number of nitrogens with zero attached hydrogens (tertiary/aromatic N) is 3. The molecule has 3 aromatic rings. The van der Waals surface area contributed by atoms with Crippen molar-refractivity contribution in [2.24, 2.45) is 0 Å². The molecule has 1 heterocycles. The average molecular weight is 565 g/mol. The zero-order valence-corrected chi connectivity index (χ0v) is 21.7. The zero-order chi connectivity index (χ0) is 29.7.